The Kier molecular flexibility index (Phi) is 6.81. The number of esters is 1. The molecule has 2 amide bonds. The molecule has 2 aromatic rings. The number of benzene rings is 2. The van der Waals surface area contributed by atoms with E-state index in [9.17, 15) is 19.2 Å². The van der Waals surface area contributed by atoms with Crippen molar-refractivity contribution in [3.05, 3.63) is 59.7 Å². The molecule has 2 aliphatic rings. The maximum absolute atomic E-state index is 12.6. The van der Waals surface area contributed by atoms with E-state index < -0.39 is 35.9 Å². The molecule has 178 valence electrons. The van der Waals surface area contributed by atoms with Crippen molar-refractivity contribution >= 4 is 23.9 Å². The Morgan fingerprint density at radius 1 is 1.00 bits per heavy atom. The van der Waals surface area contributed by atoms with Crippen LogP contribution in [0.2, 0.25) is 0 Å². The number of carboxylic acids is 1. The highest BCUT2D eigenvalue weighted by Crippen LogP contribution is 2.44. The van der Waals surface area contributed by atoms with Gasteiger partial charge < -0.3 is 19.9 Å². The van der Waals surface area contributed by atoms with E-state index in [0.29, 0.717) is 6.42 Å². The molecule has 0 aromatic heterocycles. The predicted molar refractivity (Wildman–Crippen MR) is 121 cm³/mol. The lowest BCUT2D eigenvalue weighted by Gasteiger charge is -2.18. The highest BCUT2D eigenvalue weighted by molar-refractivity contribution is 6.04. The second kappa shape index (κ2) is 9.94. The van der Waals surface area contributed by atoms with Gasteiger partial charge in [0.15, 0.2) is 0 Å². The van der Waals surface area contributed by atoms with Gasteiger partial charge in [-0.25, -0.2) is 9.59 Å². The molecule has 0 heterocycles. The molecule has 4 rings (SSSR count). The summed E-state index contributed by atoms with van der Waals surface area (Å²) < 4.78 is 10.3. The molecule has 3 N–H and O–H groups in total. The zero-order valence-corrected chi connectivity index (χ0v) is 18.7. The zero-order valence-electron chi connectivity index (χ0n) is 18.7. The lowest BCUT2D eigenvalue weighted by Crippen LogP contribution is -2.52. The van der Waals surface area contributed by atoms with Crippen LogP contribution in [-0.2, 0) is 23.9 Å². The molecule has 9 nitrogen and oxygen atoms in total. The van der Waals surface area contributed by atoms with Crippen LogP contribution in [0.5, 0.6) is 0 Å². The Morgan fingerprint density at radius 2 is 1.62 bits per heavy atom. The summed E-state index contributed by atoms with van der Waals surface area (Å²) in [6.45, 7) is 1.73. The van der Waals surface area contributed by atoms with E-state index in [1.54, 1.807) is 6.92 Å². The number of carbonyl (C=O) groups excluding carboxylic acids is 3. The van der Waals surface area contributed by atoms with Crippen molar-refractivity contribution in [3.8, 4) is 11.1 Å². The van der Waals surface area contributed by atoms with E-state index >= 15 is 0 Å². The van der Waals surface area contributed by atoms with Crippen molar-refractivity contribution in [1.29, 1.82) is 0 Å². The first kappa shape index (κ1) is 23.3. The molecular weight excluding hydrogens is 440 g/mol. The molecule has 2 aliphatic carbocycles. The first-order valence-corrected chi connectivity index (χ1v) is 11.2. The van der Waals surface area contributed by atoms with Gasteiger partial charge in [-0.1, -0.05) is 48.5 Å². The molecule has 0 aliphatic heterocycles. The lowest BCUT2D eigenvalue weighted by atomic mass is 9.98. The van der Waals surface area contributed by atoms with Gasteiger partial charge >= 0.3 is 18.0 Å². The standard InChI is InChI=1S/C25H26N2O7/c1-2-33-24(31)21(22(28)26-12-14-11-19(14)23(29)30)27-25(32)34-13-20-17-9-5-3-7-15(17)16-8-4-6-10-18(16)20/h3-10,14,19-21H,2,11-13H2,1H3,(H,26,28)(H,27,32)(H,29,30)/t14-,19-,21?/m1/s1. The third kappa shape index (κ3) is 4.88. The normalized spacial score (nSPS) is 18.7. The number of rotatable bonds is 9. The molecule has 1 saturated carbocycles. The average molecular weight is 466 g/mol. The summed E-state index contributed by atoms with van der Waals surface area (Å²) in [6, 6.07) is 14.2. The Bertz CT molecular complexity index is 1070. The summed E-state index contributed by atoms with van der Waals surface area (Å²) >= 11 is 0. The number of alkyl carbamates (subject to hydrolysis) is 1. The first-order valence-electron chi connectivity index (χ1n) is 11.2. The van der Waals surface area contributed by atoms with Crippen LogP contribution in [-0.4, -0.2) is 54.8 Å². The van der Waals surface area contributed by atoms with E-state index in [-0.39, 0.29) is 31.6 Å². The van der Waals surface area contributed by atoms with Crippen LogP contribution in [0.1, 0.15) is 30.4 Å². The lowest BCUT2D eigenvalue weighted by molar-refractivity contribution is -0.149. The fraction of sp³-hybridized carbons (Fsp3) is 0.360. The van der Waals surface area contributed by atoms with E-state index in [1.807, 2.05) is 48.5 Å². The molecule has 1 fully saturated rings. The summed E-state index contributed by atoms with van der Waals surface area (Å²) in [7, 11) is 0. The molecule has 34 heavy (non-hydrogen) atoms. The minimum absolute atomic E-state index is 0.0265. The third-order valence-corrected chi connectivity index (χ3v) is 6.17. The second-order valence-corrected chi connectivity index (χ2v) is 8.34. The monoisotopic (exact) mass is 466 g/mol. The highest BCUT2D eigenvalue weighted by atomic mass is 16.6. The number of aliphatic carboxylic acids is 1. The number of amides is 2. The van der Waals surface area contributed by atoms with Crippen LogP contribution in [0.4, 0.5) is 4.79 Å². The minimum Gasteiger partial charge on any atom is -0.481 e. The van der Waals surface area contributed by atoms with Gasteiger partial charge in [-0.05, 0) is 41.5 Å². The molecular formula is C25H26N2O7. The maximum Gasteiger partial charge on any atom is 0.408 e. The van der Waals surface area contributed by atoms with Gasteiger partial charge in [-0.3, -0.25) is 14.9 Å². The van der Waals surface area contributed by atoms with Gasteiger partial charge in [-0.2, -0.15) is 0 Å². The fourth-order valence-corrected chi connectivity index (χ4v) is 4.32. The number of ether oxygens (including phenoxy) is 2. The minimum atomic E-state index is -1.60. The summed E-state index contributed by atoms with van der Waals surface area (Å²) in [4.78, 5) is 48.4. The zero-order chi connectivity index (χ0) is 24.2. The Morgan fingerprint density at radius 3 is 2.18 bits per heavy atom. The molecule has 9 heteroatoms. The smallest absolute Gasteiger partial charge is 0.408 e. The van der Waals surface area contributed by atoms with Crippen molar-refractivity contribution in [2.75, 3.05) is 19.8 Å². The van der Waals surface area contributed by atoms with Crippen molar-refractivity contribution in [2.24, 2.45) is 11.8 Å². The molecule has 1 unspecified atom stereocenters. The molecule has 0 bridgehead atoms. The van der Waals surface area contributed by atoms with Crippen molar-refractivity contribution < 1.29 is 33.8 Å². The Labute approximate surface area is 196 Å². The number of fused-ring (bicyclic) bond motifs is 3. The predicted octanol–water partition coefficient (Wildman–Crippen LogP) is 2.29. The van der Waals surface area contributed by atoms with Crippen molar-refractivity contribution in [3.63, 3.8) is 0 Å². The van der Waals surface area contributed by atoms with Crippen LogP contribution in [0.25, 0.3) is 11.1 Å². The van der Waals surface area contributed by atoms with Crippen molar-refractivity contribution in [2.45, 2.75) is 25.3 Å². The SMILES string of the molecule is CCOC(=O)C(NC(=O)OCC1c2ccccc2-c2ccccc21)C(=O)NC[C@H]1C[C@H]1C(=O)O. The summed E-state index contributed by atoms with van der Waals surface area (Å²) in [5.74, 6) is -3.48. The van der Waals surface area contributed by atoms with Gasteiger partial charge in [0, 0.05) is 12.5 Å². The number of hydrogen-bond donors (Lipinski definition) is 3. The number of hydrogen-bond acceptors (Lipinski definition) is 6. The van der Waals surface area contributed by atoms with Crippen molar-refractivity contribution in [1.82, 2.24) is 10.6 Å². The largest absolute Gasteiger partial charge is 0.481 e. The van der Waals surface area contributed by atoms with Gasteiger partial charge in [0.2, 0.25) is 6.04 Å². The van der Waals surface area contributed by atoms with E-state index in [1.165, 1.54) is 0 Å². The Balaban J connectivity index is 1.38. The number of carboxylic acid groups (broad SMARTS) is 1. The average Bonchev–Trinajstić information content (AvgIpc) is 3.55. The quantitative estimate of drug-likeness (QED) is 0.382. The number of nitrogens with one attached hydrogen (secondary N) is 2. The molecule has 0 radical (unpaired) electrons. The van der Waals surface area contributed by atoms with Crippen LogP contribution in [0.15, 0.2) is 48.5 Å². The Hall–Kier alpha value is -3.88. The highest BCUT2D eigenvalue weighted by Gasteiger charge is 2.43. The molecule has 0 saturated heterocycles. The summed E-state index contributed by atoms with van der Waals surface area (Å²) in [6.07, 6.45) is -0.468. The van der Waals surface area contributed by atoms with Gasteiger partial charge in [0.25, 0.3) is 5.91 Å². The van der Waals surface area contributed by atoms with E-state index in [2.05, 4.69) is 10.6 Å². The first-order chi connectivity index (χ1) is 16.4. The van der Waals surface area contributed by atoms with Gasteiger partial charge in [0.05, 0.1) is 12.5 Å². The topological polar surface area (TPSA) is 131 Å². The molecule has 3 atom stereocenters. The van der Waals surface area contributed by atoms with Crippen LogP contribution >= 0.6 is 0 Å². The number of carbonyl (C=O) groups is 4. The fourth-order valence-electron chi connectivity index (χ4n) is 4.32. The van der Waals surface area contributed by atoms with Crippen LogP contribution in [0.3, 0.4) is 0 Å². The summed E-state index contributed by atoms with van der Waals surface area (Å²) in [5, 5.41) is 13.8. The second-order valence-electron chi connectivity index (χ2n) is 8.34. The molecule has 0 spiro atoms. The summed E-state index contributed by atoms with van der Waals surface area (Å²) in [5.41, 5.74) is 4.23. The third-order valence-electron chi connectivity index (χ3n) is 6.17. The van der Waals surface area contributed by atoms with E-state index in [0.717, 1.165) is 22.3 Å². The maximum atomic E-state index is 12.6. The van der Waals surface area contributed by atoms with Gasteiger partial charge in [0.1, 0.15) is 6.61 Å². The van der Waals surface area contributed by atoms with Gasteiger partial charge in [-0.15, -0.1) is 0 Å². The molecule has 2 aromatic carbocycles. The van der Waals surface area contributed by atoms with Crippen LogP contribution in [0, 0.1) is 11.8 Å². The van der Waals surface area contributed by atoms with E-state index in [4.69, 9.17) is 14.6 Å². The van der Waals surface area contributed by atoms with Crippen LogP contribution < -0.4 is 10.6 Å².